The monoisotopic (exact) mass is 215 g/mol. The van der Waals surface area contributed by atoms with Gasteiger partial charge in [0.1, 0.15) is 0 Å². The highest BCUT2D eigenvalue weighted by molar-refractivity contribution is 7.92. The van der Waals surface area contributed by atoms with E-state index in [2.05, 4.69) is 4.36 Å². The quantitative estimate of drug-likeness (QED) is 0.653. The van der Waals surface area contributed by atoms with Crippen molar-refractivity contribution in [2.24, 2.45) is 4.36 Å². The minimum atomic E-state index is -4.89. The molecule has 0 aliphatic carbocycles. The number of halogens is 3. The number of carbonyl (C=O) groups excluding carboxylic acids is 1. The largest absolute Gasteiger partial charge is 0.454 e. The molecular formula is C6H8F3NO2S. The van der Waals surface area contributed by atoms with Gasteiger partial charge in [-0.15, -0.1) is 0 Å². The van der Waals surface area contributed by atoms with Crippen molar-refractivity contribution in [1.29, 1.82) is 0 Å². The molecule has 0 bridgehead atoms. The molecule has 0 radical (unpaired) electrons. The van der Waals surface area contributed by atoms with Gasteiger partial charge < -0.3 is 0 Å². The Hall–Kier alpha value is -0.850. The van der Waals surface area contributed by atoms with E-state index in [-0.39, 0.29) is 6.08 Å². The van der Waals surface area contributed by atoms with Crippen LogP contribution in [-0.2, 0) is 14.5 Å². The molecule has 0 heterocycles. The lowest BCUT2D eigenvalue weighted by Gasteiger charge is -1.98. The van der Waals surface area contributed by atoms with E-state index in [9.17, 15) is 22.2 Å². The van der Waals surface area contributed by atoms with Crippen molar-refractivity contribution in [3.05, 3.63) is 12.3 Å². The van der Waals surface area contributed by atoms with Crippen LogP contribution in [0.2, 0.25) is 0 Å². The second-order valence-corrected chi connectivity index (χ2v) is 5.04. The predicted molar refractivity (Wildman–Crippen MR) is 42.6 cm³/mol. The number of allylic oxidation sites excluding steroid dienone is 1. The molecule has 0 saturated heterocycles. The van der Waals surface area contributed by atoms with Gasteiger partial charge in [0.2, 0.25) is 0 Å². The summed E-state index contributed by atoms with van der Waals surface area (Å²) >= 11 is 0. The van der Waals surface area contributed by atoms with Crippen LogP contribution in [0.1, 0.15) is 0 Å². The summed E-state index contributed by atoms with van der Waals surface area (Å²) in [7, 11) is -2.50. The van der Waals surface area contributed by atoms with Crippen LogP contribution in [0.3, 0.4) is 0 Å². The van der Waals surface area contributed by atoms with Gasteiger partial charge in [-0.1, -0.05) is 0 Å². The number of carbonyl (C=O) groups is 1. The first kappa shape index (κ1) is 12.2. The van der Waals surface area contributed by atoms with E-state index >= 15 is 0 Å². The van der Waals surface area contributed by atoms with E-state index < -0.39 is 21.7 Å². The van der Waals surface area contributed by atoms with Crippen molar-refractivity contribution in [1.82, 2.24) is 0 Å². The van der Waals surface area contributed by atoms with Gasteiger partial charge in [0.25, 0.3) is 5.78 Å². The maximum absolute atomic E-state index is 11.6. The molecule has 0 unspecified atom stereocenters. The van der Waals surface area contributed by atoms with E-state index in [1.165, 1.54) is 12.5 Å². The molecule has 3 nitrogen and oxygen atoms in total. The van der Waals surface area contributed by atoms with Crippen LogP contribution in [-0.4, -0.2) is 28.7 Å². The van der Waals surface area contributed by atoms with Crippen molar-refractivity contribution in [3.63, 3.8) is 0 Å². The summed E-state index contributed by atoms with van der Waals surface area (Å²) in [5.74, 6) is -2.01. The average Bonchev–Trinajstić information content (AvgIpc) is 1.82. The Morgan fingerprint density at radius 3 is 2.15 bits per heavy atom. The molecule has 0 aliphatic rings. The fourth-order valence-corrected chi connectivity index (χ4v) is 0.693. The Balaban J connectivity index is 4.51. The van der Waals surface area contributed by atoms with Crippen LogP contribution >= 0.6 is 0 Å². The minimum absolute atomic E-state index is 0.243. The molecule has 0 saturated carbocycles. The number of hydrogen-bond donors (Lipinski definition) is 0. The van der Waals surface area contributed by atoms with Crippen molar-refractivity contribution >= 4 is 15.5 Å². The van der Waals surface area contributed by atoms with Crippen LogP contribution in [0.25, 0.3) is 0 Å². The summed E-state index contributed by atoms with van der Waals surface area (Å²) in [5, 5.41) is 0. The average molecular weight is 215 g/mol. The van der Waals surface area contributed by atoms with Gasteiger partial charge in [-0.2, -0.15) is 13.2 Å². The summed E-state index contributed by atoms with van der Waals surface area (Å²) in [6, 6.07) is 0. The van der Waals surface area contributed by atoms with Crippen LogP contribution in [0.5, 0.6) is 0 Å². The lowest BCUT2D eigenvalue weighted by Crippen LogP contribution is -2.19. The second-order valence-electron chi connectivity index (χ2n) is 2.46. The fourth-order valence-electron chi connectivity index (χ4n) is 0.339. The molecule has 76 valence electrons. The van der Waals surface area contributed by atoms with Gasteiger partial charge in [0.05, 0.1) is 0 Å². The number of ketones is 1. The topological polar surface area (TPSA) is 46.5 Å². The number of alkyl halides is 3. The maximum Gasteiger partial charge on any atom is 0.454 e. The van der Waals surface area contributed by atoms with E-state index in [0.717, 1.165) is 0 Å². The van der Waals surface area contributed by atoms with Crippen molar-refractivity contribution < 1.29 is 22.2 Å². The van der Waals surface area contributed by atoms with Gasteiger partial charge in [-0.25, -0.2) is 8.57 Å². The molecule has 7 heteroatoms. The first-order valence-electron chi connectivity index (χ1n) is 3.07. The number of rotatable bonds is 2. The van der Waals surface area contributed by atoms with Crippen molar-refractivity contribution in [3.8, 4) is 0 Å². The lowest BCUT2D eigenvalue weighted by molar-refractivity contribution is -0.165. The third-order valence-electron chi connectivity index (χ3n) is 0.820. The predicted octanol–water partition coefficient (Wildman–Crippen LogP) is 1.36. The Bertz CT molecular complexity index is 328. The highest BCUT2D eigenvalue weighted by Crippen LogP contribution is 2.16. The fraction of sp³-hybridized carbons (Fsp3) is 0.500. The standard InChI is InChI=1S/C6H8F3NO2S/c1-13(2,12)10-4-3-5(11)6(7,8)9/h3-4H,1-2H3/b4-3-. The smallest absolute Gasteiger partial charge is 0.285 e. The number of hydrogen-bond acceptors (Lipinski definition) is 3. The highest BCUT2D eigenvalue weighted by Gasteiger charge is 2.35. The molecule has 0 N–H and O–H groups in total. The molecule has 0 aromatic rings. The minimum Gasteiger partial charge on any atom is -0.285 e. The van der Waals surface area contributed by atoms with Crippen LogP contribution in [0, 0.1) is 0 Å². The lowest BCUT2D eigenvalue weighted by atomic mass is 10.4. The summed E-state index contributed by atoms with van der Waals surface area (Å²) < 4.78 is 48.7. The van der Waals surface area contributed by atoms with E-state index in [1.807, 2.05) is 0 Å². The molecule has 0 aromatic carbocycles. The molecule has 0 amide bonds. The molecule has 0 atom stereocenters. The molecule has 0 fully saturated rings. The molecular weight excluding hydrogens is 207 g/mol. The first-order valence-corrected chi connectivity index (χ1v) is 5.40. The summed E-state index contributed by atoms with van der Waals surface area (Å²) in [6.07, 6.45) is -1.55. The van der Waals surface area contributed by atoms with Crippen molar-refractivity contribution in [2.75, 3.05) is 12.5 Å². The van der Waals surface area contributed by atoms with Gasteiger partial charge in [0, 0.05) is 34.5 Å². The maximum atomic E-state index is 11.6. The van der Waals surface area contributed by atoms with E-state index in [0.29, 0.717) is 6.20 Å². The Kier molecular flexibility index (Phi) is 3.65. The third kappa shape index (κ3) is 6.32. The highest BCUT2D eigenvalue weighted by atomic mass is 32.2. The van der Waals surface area contributed by atoms with Crippen LogP contribution in [0.4, 0.5) is 13.2 Å². The van der Waals surface area contributed by atoms with Gasteiger partial charge in [-0.05, 0) is 0 Å². The number of nitrogens with zero attached hydrogens (tertiary/aromatic N) is 1. The van der Waals surface area contributed by atoms with Crippen LogP contribution in [0.15, 0.2) is 16.6 Å². The second kappa shape index (κ2) is 3.91. The summed E-state index contributed by atoms with van der Waals surface area (Å²) in [6.45, 7) is 0. The van der Waals surface area contributed by atoms with Crippen molar-refractivity contribution in [2.45, 2.75) is 6.18 Å². The summed E-state index contributed by atoms with van der Waals surface area (Å²) in [4.78, 5) is 10.2. The van der Waals surface area contributed by atoms with Gasteiger partial charge in [0.15, 0.2) is 0 Å². The first-order chi connectivity index (χ1) is 5.63. The zero-order valence-corrected chi connectivity index (χ0v) is 7.78. The SMILES string of the molecule is CS(C)(=O)=N/C=C\C(=O)C(F)(F)F. The normalized spacial score (nSPS) is 13.3. The molecule has 13 heavy (non-hydrogen) atoms. The van der Waals surface area contributed by atoms with Crippen LogP contribution < -0.4 is 0 Å². The third-order valence-corrected chi connectivity index (χ3v) is 1.45. The van der Waals surface area contributed by atoms with E-state index in [4.69, 9.17) is 0 Å². The van der Waals surface area contributed by atoms with E-state index in [1.54, 1.807) is 0 Å². The summed E-state index contributed by atoms with van der Waals surface area (Å²) in [5.41, 5.74) is 0. The zero-order chi connectivity index (χ0) is 10.7. The Morgan fingerprint density at radius 1 is 1.38 bits per heavy atom. The van der Waals surface area contributed by atoms with Gasteiger partial charge in [-0.3, -0.25) is 4.79 Å². The zero-order valence-electron chi connectivity index (χ0n) is 6.96. The Labute approximate surface area is 73.8 Å². The van der Waals surface area contributed by atoms with Gasteiger partial charge >= 0.3 is 6.18 Å². The molecule has 0 rings (SSSR count). The molecule has 0 aliphatic heterocycles. The molecule has 0 aromatic heterocycles. The molecule has 0 spiro atoms. The Morgan fingerprint density at radius 2 is 1.85 bits per heavy atom.